The number of halogens is 1. The van der Waals surface area contributed by atoms with E-state index in [1.54, 1.807) is 18.2 Å². The average Bonchev–Trinajstić information content (AvgIpc) is 3.07. The van der Waals surface area contributed by atoms with Crippen LogP contribution in [0.25, 0.3) is 17.4 Å². The number of rotatable bonds is 3. The van der Waals surface area contributed by atoms with Gasteiger partial charge in [0.25, 0.3) is 17.5 Å². The first-order chi connectivity index (χ1) is 12.8. The zero-order valence-electron chi connectivity index (χ0n) is 13.8. The summed E-state index contributed by atoms with van der Waals surface area (Å²) in [7, 11) is 0. The zero-order chi connectivity index (χ0) is 19.7. The van der Waals surface area contributed by atoms with Gasteiger partial charge in [-0.25, -0.2) is 0 Å². The van der Waals surface area contributed by atoms with E-state index in [4.69, 9.17) is 21.3 Å². The number of non-ortho nitro benzene ring substituents is 1. The van der Waals surface area contributed by atoms with Crippen LogP contribution < -0.4 is 5.32 Å². The summed E-state index contributed by atoms with van der Waals surface area (Å²) in [4.78, 5) is 34.1. The maximum atomic E-state index is 12.0. The Balaban J connectivity index is 2.04. The molecule has 0 saturated carbocycles. The van der Waals surface area contributed by atoms with E-state index in [-0.39, 0.29) is 38.9 Å². The molecule has 0 fully saturated rings. The molecule has 2 heterocycles. The van der Waals surface area contributed by atoms with Gasteiger partial charge in [-0.05, 0) is 36.8 Å². The molecular weight excluding hydrogens is 374 g/mol. The van der Waals surface area contributed by atoms with Crippen LogP contribution >= 0.6 is 11.6 Å². The number of carbonyl (C=O) groups excluding carboxylic acids is 2. The molecule has 2 amide bonds. The molecule has 0 spiro atoms. The van der Waals surface area contributed by atoms with Crippen molar-refractivity contribution in [2.45, 2.75) is 6.92 Å². The smallest absolute Gasteiger partial charge is 0.270 e. The van der Waals surface area contributed by atoms with Gasteiger partial charge in [0, 0.05) is 23.3 Å². The molecule has 0 atom stereocenters. The van der Waals surface area contributed by atoms with Crippen LogP contribution in [0.15, 0.2) is 51.5 Å². The number of nitro benzene ring substituents is 1. The monoisotopic (exact) mass is 383 g/mol. The second-order valence-corrected chi connectivity index (χ2v) is 5.98. The molecule has 2 aromatic rings. The molecule has 1 aromatic heterocycles. The van der Waals surface area contributed by atoms with Gasteiger partial charge in [0.15, 0.2) is 0 Å². The molecule has 0 aliphatic carbocycles. The van der Waals surface area contributed by atoms with Crippen molar-refractivity contribution in [3.63, 3.8) is 0 Å². The lowest BCUT2D eigenvalue weighted by atomic mass is 9.96. The van der Waals surface area contributed by atoms with Gasteiger partial charge in [-0.1, -0.05) is 11.6 Å². The van der Waals surface area contributed by atoms with E-state index in [0.717, 1.165) is 0 Å². The molecule has 1 aromatic carbocycles. The summed E-state index contributed by atoms with van der Waals surface area (Å²) >= 11 is 6.09. The van der Waals surface area contributed by atoms with E-state index < -0.39 is 16.7 Å². The quantitative estimate of drug-likeness (QED) is 0.374. The normalized spacial score (nSPS) is 15.7. The summed E-state index contributed by atoms with van der Waals surface area (Å²) < 4.78 is 5.63. The van der Waals surface area contributed by atoms with E-state index >= 15 is 0 Å². The fourth-order valence-corrected chi connectivity index (χ4v) is 2.76. The molecule has 9 heteroatoms. The topological polar surface area (TPSA) is 126 Å². The number of nitrogens with one attached hydrogen (secondary N) is 1. The molecule has 134 valence electrons. The van der Waals surface area contributed by atoms with Crippen molar-refractivity contribution in [2.24, 2.45) is 0 Å². The third-order valence-corrected chi connectivity index (χ3v) is 4.26. The third-order valence-electron chi connectivity index (χ3n) is 3.93. The highest BCUT2D eigenvalue weighted by molar-refractivity contribution is 6.33. The predicted molar refractivity (Wildman–Crippen MR) is 95.2 cm³/mol. The molecule has 27 heavy (non-hydrogen) atoms. The first kappa shape index (κ1) is 18.1. The van der Waals surface area contributed by atoms with Gasteiger partial charge < -0.3 is 4.42 Å². The molecule has 3 rings (SSSR count). The number of nitriles is 1. The van der Waals surface area contributed by atoms with Crippen molar-refractivity contribution >= 4 is 35.2 Å². The fourth-order valence-electron chi connectivity index (χ4n) is 2.55. The van der Waals surface area contributed by atoms with Crippen molar-refractivity contribution in [1.29, 1.82) is 5.26 Å². The van der Waals surface area contributed by atoms with Crippen LogP contribution in [-0.4, -0.2) is 16.7 Å². The number of hydrogen-bond acceptors (Lipinski definition) is 6. The van der Waals surface area contributed by atoms with Crippen molar-refractivity contribution in [1.82, 2.24) is 5.32 Å². The second-order valence-electron chi connectivity index (χ2n) is 5.58. The highest BCUT2D eigenvalue weighted by Crippen LogP contribution is 2.33. The molecule has 0 bridgehead atoms. The number of carbonyl (C=O) groups is 2. The highest BCUT2D eigenvalue weighted by Gasteiger charge is 2.27. The van der Waals surface area contributed by atoms with Gasteiger partial charge in [0.2, 0.25) is 0 Å². The average molecular weight is 384 g/mol. The largest absolute Gasteiger partial charge is 0.457 e. The maximum absolute atomic E-state index is 12.0. The van der Waals surface area contributed by atoms with Crippen molar-refractivity contribution in [2.75, 3.05) is 0 Å². The van der Waals surface area contributed by atoms with Gasteiger partial charge in [-0.2, -0.15) is 5.26 Å². The molecule has 0 unspecified atom stereocenters. The molecule has 1 aliphatic heterocycles. The molecule has 0 saturated heterocycles. The van der Waals surface area contributed by atoms with Gasteiger partial charge in [-0.3, -0.25) is 25.0 Å². The van der Waals surface area contributed by atoms with E-state index in [0.29, 0.717) is 5.56 Å². The number of benzene rings is 1. The summed E-state index contributed by atoms with van der Waals surface area (Å²) in [6, 6.07) is 8.80. The first-order valence-electron chi connectivity index (χ1n) is 7.54. The number of amides is 2. The lowest BCUT2D eigenvalue weighted by Crippen LogP contribution is -2.37. The van der Waals surface area contributed by atoms with Crippen molar-refractivity contribution in [3.05, 3.63) is 67.9 Å². The Kier molecular flexibility index (Phi) is 4.62. The Morgan fingerprint density at radius 1 is 1.26 bits per heavy atom. The standard InChI is InChI=1S/C18H10ClN3O5/c1-9-12(17(23)21-18(24)14(9)8-20)7-11-3-5-16(27-11)13-6-10(22(25)26)2-4-15(13)19/h2-7H,1H3,(H,21,23,24). The minimum absolute atomic E-state index is 0.109. The Bertz CT molecular complexity index is 1100. The summed E-state index contributed by atoms with van der Waals surface area (Å²) in [5, 5.41) is 22.3. The fraction of sp³-hybridized carbons (Fsp3) is 0.0556. The third kappa shape index (κ3) is 3.36. The van der Waals surface area contributed by atoms with Crippen LogP contribution in [0.1, 0.15) is 12.7 Å². The van der Waals surface area contributed by atoms with Crippen molar-refractivity contribution in [3.8, 4) is 17.4 Å². The summed E-state index contributed by atoms with van der Waals surface area (Å²) in [5.74, 6) is -0.878. The van der Waals surface area contributed by atoms with Gasteiger partial charge in [-0.15, -0.1) is 0 Å². The number of hydrogen-bond donors (Lipinski definition) is 1. The van der Waals surface area contributed by atoms with E-state index in [1.807, 2.05) is 0 Å². The molecule has 8 nitrogen and oxygen atoms in total. The van der Waals surface area contributed by atoms with E-state index in [2.05, 4.69) is 5.32 Å². The predicted octanol–water partition coefficient (Wildman–Crippen LogP) is 3.39. The lowest BCUT2D eigenvalue weighted by Gasteiger charge is -2.15. The Morgan fingerprint density at radius 2 is 2.00 bits per heavy atom. The second kappa shape index (κ2) is 6.90. The van der Waals surface area contributed by atoms with Crippen LogP contribution in [0.4, 0.5) is 5.69 Å². The SMILES string of the molecule is CC1=C(C#N)C(=O)NC(=O)C1=Cc1ccc(-c2cc([N+](=O)[O-])ccc2Cl)o1. The number of furan rings is 1. The minimum Gasteiger partial charge on any atom is -0.457 e. The molecular formula is C18H10ClN3O5. The summed E-state index contributed by atoms with van der Waals surface area (Å²) in [6.07, 6.45) is 1.38. The Morgan fingerprint density at radius 3 is 2.67 bits per heavy atom. The molecule has 0 radical (unpaired) electrons. The van der Waals surface area contributed by atoms with Gasteiger partial charge in [0.1, 0.15) is 23.2 Å². The maximum Gasteiger partial charge on any atom is 0.270 e. The summed E-state index contributed by atoms with van der Waals surface area (Å²) in [5.41, 5.74) is 0.362. The highest BCUT2D eigenvalue weighted by atomic mass is 35.5. The Hall–Kier alpha value is -3.70. The van der Waals surface area contributed by atoms with Crippen LogP contribution in [0, 0.1) is 21.4 Å². The minimum atomic E-state index is -0.749. The number of nitro groups is 1. The lowest BCUT2D eigenvalue weighted by molar-refractivity contribution is -0.384. The Labute approximate surface area is 157 Å². The number of imide groups is 1. The molecule has 1 aliphatic rings. The van der Waals surface area contributed by atoms with E-state index in [1.165, 1.54) is 31.2 Å². The molecule has 1 N–H and O–H groups in total. The number of nitrogens with zero attached hydrogens (tertiary/aromatic N) is 2. The van der Waals surface area contributed by atoms with Crippen LogP contribution in [0.5, 0.6) is 0 Å². The van der Waals surface area contributed by atoms with Crippen LogP contribution in [0.3, 0.4) is 0 Å². The van der Waals surface area contributed by atoms with Crippen molar-refractivity contribution < 1.29 is 18.9 Å². The van der Waals surface area contributed by atoms with Crippen LogP contribution in [0.2, 0.25) is 5.02 Å². The zero-order valence-corrected chi connectivity index (χ0v) is 14.5. The van der Waals surface area contributed by atoms with Gasteiger partial charge in [0.05, 0.1) is 9.95 Å². The van der Waals surface area contributed by atoms with E-state index in [9.17, 15) is 19.7 Å². The summed E-state index contributed by atoms with van der Waals surface area (Å²) in [6.45, 7) is 1.49. The van der Waals surface area contributed by atoms with Gasteiger partial charge >= 0.3 is 0 Å². The van der Waals surface area contributed by atoms with Crippen LogP contribution in [-0.2, 0) is 9.59 Å². The first-order valence-corrected chi connectivity index (χ1v) is 7.92.